The van der Waals surface area contributed by atoms with Crippen molar-refractivity contribution >= 4 is 37.6 Å². The van der Waals surface area contributed by atoms with Gasteiger partial charge in [-0.15, -0.1) is 10.2 Å². The normalized spacial score (nSPS) is 12.0. The minimum Gasteiger partial charge on any atom is -0.399 e. The zero-order valence-electron chi connectivity index (χ0n) is 12.3. The number of fused-ring (bicyclic) bond motifs is 3. The van der Waals surface area contributed by atoms with Gasteiger partial charge in [0.1, 0.15) is 15.9 Å². The molecule has 0 bridgehead atoms. The van der Waals surface area contributed by atoms with Gasteiger partial charge in [-0.3, -0.25) is 4.55 Å². The number of hydrogen-bond acceptors (Lipinski definition) is 5. The predicted molar refractivity (Wildman–Crippen MR) is 90.6 cm³/mol. The molecular weight excluding hydrogens is 328 g/mol. The van der Waals surface area contributed by atoms with Crippen molar-refractivity contribution in [2.24, 2.45) is 0 Å². The highest BCUT2D eigenvalue weighted by Gasteiger charge is 2.16. The molecule has 1 aromatic heterocycles. The van der Waals surface area contributed by atoms with E-state index in [0.717, 1.165) is 5.69 Å². The van der Waals surface area contributed by atoms with E-state index in [4.69, 9.17) is 5.73 Å². The Balaban J connectivity index is 2.01. The molecule has 0 aliphatic heterocycles. The summed E-state index contributed by atoms with van der Waals surface area (Å²) in [7, 11) is -4.32. The van der Waals surface area contributed by atoms with Crippen LogP contribution >= 0.6 is 0 Å². The molecular formula is C16H12N4O3S. The summed E-state index contributed by atoms with van der Waals surface area (Å²) in [4.78, 5) is 1.31. The highest BCUT2D eigenvalue weighted by atomic mass is 32.2. The van der Waals surface area contributed by atoms with Crippen molar-refractivity contribution in [2.45, 2.75) is 4.90 Å². The summed E-state index contributed by atoms with van der Waals surface area (Å²) in [5, 5.41) is 9.86. The van der Waals surface area contributed by atoms with E-state index >= 15 is 0 Å². The lowest BCUT2D eigenvalue weighted by Crippen LogP contribution is -1.99. The molecule has 0 amide bonds. The van der Waals surface area contributed by atoms with Crippen LogP contribution in [0.4, 0.5) is 5.69 Å². The molecule has 3 aromatic carbocycles. The van der Waals surface area contributed by atoms with E-state index in [2.05, 4.69) is 10.2 Å². The third-order valence-electron chi connectivity index (χ3n) is 3.77. The van der Waals surface area contributed by atoms with E-state index in [1.807, 2.05) is 0 Å². The molecule has 7 nitrogen and oxygen atoms in total. The van der Waals surface area contributed by atoms with Gasteiger partial charge in [0.25, 0.3) is 10.1 Å². The topological polar surface area (TPSA) is 111 Å². The molecule has 120 valence electrons. The van der Waals surface area contributed by atoms with Crippen LogP contribution in [0.3, 0.4) is 0 Å². The summed E-state index contributed by atoms with van der Waals surface area (Å²) in [6.07, 6.45) is 0. The van der Waals surface area contributed by atoms with Crippen LogP contribution in [-0.4, -0.2) is 28.0 Å². The minimum atomic E-state index is -4.32. The zero-order valence-corrected chi connectivity index (χ0v) is 13.1. The maximum Gasteiger partial charge on any atom is 0.295 e. The summed E-state index contributed by atoms with van der Waals surface area (Å²) in [5.41, 5.74) is 8.22. The summed E-state index contributed by atoms with van der Waals surface area (Å²) < 4.78 is 32.5. The van der Waals surface area contributed by atoms with Crippen molar-refractivity contribution in [2.75, 3.05) is 5.73 Å². The van der Waals surface area contributed by atoms with Gasteiger partial charge in [-0.25, -0.2) is 0 Å². The van der Waals surface area contributed by atoms with Crippen molar-refractivity contribution in [1.82, 2.24) is 15.0 Å². The summed E-state index contributed by atoms with van der Waals surface area (Å²) in [5.74, 6) is 0. The molecule has 1 heterocycles. The van der Waals surface area contributed by atoms with Crippen LogP contribution in [-0.2, 0) is 10.1 Å². The van der Waals surface area contributed by atoms with Gasteiger partial charge in [0, 0.05) is 16.5 Å². The Labute approximate surface area is 137 Å². The fraction of sp³-hybridized carbons (Fsp3) is 0. The van der Waals surface area contributed by atoms with Crippen molar-refractivity contribution < 1.29 is 13.0 Å². The molecule has 0 aliphatic carbocycles. The van der Waals surface area contributed by atoms with Crippen LogP contribution in [0.1, 0.15) is 0 Å². The molecule has 0 radical (unpaired) electrons. The second-order valence-electron chi connectivity index (χ2n) is 5.34. The molecule has 0 atom stereocenters. The molecule has 4 aromatic rings. The van der Waals surface area contributed by atoms with E-state index in [1.165, 1.54) is 10.9 Å². The Bertz CT molecular complexity index is 1180. The maximum absolute atomic E-state index is 11.5. The van der Waals surface area contributed by atoms with E-state index in [-0.39, 0.29) is 4.90 Å². The second-order valence-corrected chi connectivity index (χ2v) is 6.73. The SMILES string of the molecule is Nc1ccc(-n2nc3ccc4c(S(=O)(=O)O)cccc4c3n2)cc1. The molecule has 0 saturated carbocycles. The minimum absolute atomic E-state index is 0.149. The number of benzene rings is 3. The first-order chi connectivity index (χ1) is 11.4. The number of nitrogens with two attached hydrogens (primary N) is 1. The number of nitrogens with zero attached hydrogens (tertiary/aromatic N) is 3. The Morgan fingerprint density at radius 1 is 0.917 bits per heavy atom. The number of nitrogen functional groups attached to an aromatic ring is 1. The molecule has 0 fully saturated rings. The predicted octanol–water partition coefficient (Wildman–Crippen LogP) is 2.40. The van der Waals surface area contributed by atoms with Gasteiger partial charge in [-0.05, 0) is 36.4 Å². The fourth-order valence-corrected chi connectivity index (χ4v) is 3.36. The first-order valence-electron chi connectivity index (χ1n) is 7.06. The Morgan fingerprint density at radius 2 is 1.67 bits per heavy atom. The lowest BCUT2D eigenvalue weighted by atomic mass is 10.1. The third-order valence-corrected chi connectivity index (χ3v) is 4.68. The smallest absolute Gasteiger partial charge is 0.295 e. The van der Waals surface area contributed by atoms with Gasteiger partial charge in [-0.1, -0.05) is 18.2 Å². The maximum atomic E-state index is 11.5. The van der Waals surface area contributed by atoms with Crippen molar-refractivity contribution in [3.05, 3.63) is 54.6 Å². The van der Waals surface area contributed by atoms with Crippen molar-refractivity contribution in [1.29, 1.82) is 0 Å². The first kappa shape index (κ1) is 14.6. The number of rotatable bonds is 2. The Morgan fingerprint density at radius 3 is 2.38 bits per heavy atom. The average Bonchev–Trinajstić information content (AvgIpc) is 2.98. The summed E-state index contributed by atoms with van der Waals surface area (Å²) >= 11 is 0. The van der Waals surface area contributed by atoms with Gasteiger partial charge in [0.15, 0.2) is 0 Å². The lowest BCUT2D eigenvalue weighted by Gasteiger charge is -2.03. The van der Waals surface area contributed by atoms with Crippen LogP contribution in [0.5, 0.6) is 0 Å². The van der Waals surface area contributed by atoms with E-state index in [1.54, 1.807) is 48.5 Å². The van der Waals surface area contributed by atoms with E-state index < -0.39 is 10.1 Å². The first-order valence-corrected chi connectivity index (χ1v) is 8.50. The van der Waals surface area contributed by atoms with Crippen LogP contribution in [0.2, 0.25) is 0 Å². The molecule has 8 heteroatoms. The van der Waals surface area contributed by atoms with Crippen LogP contribution in [0.25, 0.3) is 27.5 Å². The van der Waals surface area contributed by atoms with Gasteiger partial charge in [0.05, 0.1) is 5.69 Å². The Hall–Kier alpha value is -2.97. The van der Waals surface area contributed by atoms with Crippen LogP contribution in [0.15, 0.2) is 59.5 Å². The molecule has 3 N–H and O–H groups in total. The van der Waals surface area contributed by atoms with E-state index in [0.29, 0.717) is 27.5 Å². The average molecular weight is 340 g/mol. The van der Waals surface area contributed by atoms with Gasteiger partial charge in [0.2, 0.25) is 0 Å². The van der Waals surface area contributed by atoms with Crippen LogP contribution in [0, 0.1) is 0 Å². The Kier molecular flexibility index (Phi) is 3.05. The summed E-state index contributed by atoms with van der Waals surface area (Å²) in [6.45, 7) is 0. The lowest BCUT2D eigenvalue weighted by molar-refractivity contribution is 0.484. The molecule has 0 spiro atoms. The third kappa shape index (κ3) is 2.29. The molecule has 0 unspecified atom stereocenters. The number of aromatic nitrogens is 3. The molecule has 4 rings (SSSR count). The highest BCUT2D eigenvalue weighted by Crippen LogP contribution is 2.28. The monoisotopic (exact) mass is 340 g/mol. The second kappa shape index (κ2) is 5.02. The zero-order chi connectivity index (χ0) is 16.9. The van der Waals surface area contributed by atoms with Crippen LogP contribution < -0.4 is 5.73 Å². The fourth-order valence-electron chi connectivity index (χ4n) is 2.65. The largest absolute Gasteiger partial charge is 0.399 e. The van der Waals surface area contributed by atoms with E-state index in [9.17, 15) is 13.0 Å². The molecule has 24 heavy (non-hydrogen) atoms. The standard InChI is InChI=1S/C16H12N4O3S/c17-10-4-6-11(7-5-10)20-18-14-9-8-12-13(16(14)19-20)2-1-3-15(12)24(21,22)23/h1-9H,17H2,(H,21,22,23). The molecule has 0 aliphatic rings. The molecule has 0 saturated heterocycles. The van der Waals surface area contributed by atoms with Gasteiger partial charge in [-0.2, -0.15) is 13.2 Å². The highest BCUT2D eigenvalue weighted by molar-refractivity contribution is 7.86. The van der Waals surface area contributed by atoms with Crippen molar-refractivity contribution in [3.8, 4) is 5.69 Å². The van der Waals surface area contributed by atoms with Crippen molar-refractivity contribution in [3.63, 3.8) is 0 Å². The number of hydrogen-bond donors (Lipinski definition) is 2. The summed E-state index contributed by atoms with van der Waals surface area (Å²) in [6, 6.07) is 15.0. The number of anilines is 1. The van der Waals surface area contributed by atoms with Gasteiger partial charge >= 0.3 is 0 Å². The quantitative estimate of drug-likeness (QED) is 0.428. The van der Waals surface area contributed by atoms with Gasteiger partial charge < -0.3 is 5.73 Å².